The van der Waals surface area contributed by atoms with Gasteiger partial charge in [-0.1, -0.05) is 56.0 Å². The smallest absolute Gasteiger partial charge is 0.417 e. The molecule has 0 aliphatic heterocycles. The zero-order chi connectivity index (χ0) is 36.7. The molecule has 0 saturated heterocycles. The van der Waals surface area contributed by atoms with Gasteiger partial charge in [0, 0.05) is 36.9 Å². The monoisotopic (exact) mass is 718 g/mol. The van der Waals surface area contributed by atoms with E-state index < -0.39 is 46.6 Å². The fourth-order valence-electron chi connectivity index (χ4n) is 4.83. The molecule has 16 heteroatoms. The first kappa shape index (κ1) is 39.9. The Labute approximate surface area is 293 Å². The van der Waals surface area contributed by atoms with Gasteiger partial charge < -0.3 is 26.8 Å². The van der Waals surface area contributed by atoms with E-state index in [4.69, 9.17) is 28.3 Å². The van der Waals surface area contributed by atoms with Crippen molar-refractivity contribution in [3.8, 4) is 0 Å². The second-order valence-electron chi connectivity index (χ2n) is 11.5. The van der Waals surface area contributed by atoms with Crippen LogP contribution in [0.15, 0.2) is 65.8 Å². The highest BCUT2D eigenvalue weighted by molar-refractivity contribution is 6.31. The van der Waals surface area contributed by atoms with Crippen LogP contribution < -0.4 is 38.4 Å². The van der Waals surface area contributed by atoms with Gasteiger partial charge >= 0.3 is 12.1 Å². The van der Waals surface area contributed by atoms with E-state index in [2.05, 4.69) is 38.8 Å². The van der Waals surface area contributed by atoms with E-state index in [1.165, 1.54) is 6.07 Å². The molecule has 10 N–H and O–H groups in total. The van der Waals surface area contributed by atoms with E-state index >= 15 is 0 Å². The van der Waals surface area contributed by atoms with Gasteiger partial charge in [-0.25, -0.2) is 5.43 Å². The molecule has 50 heavy (non-hydrogen) atoms. The summed E-state index contributed by atoms with van der Waals surface area (Å²) in [7, 11) is 0. The van der Waals surface area contributed by atoms with Gasteiger partial charge in [0.1, 0.15) is 6.04 Å². The summed E-state index contributed by atoms with van der Waals surface area (Å²) in [6, 6.07) is 13.4. The Bertz CT molecular complexity index is 1640. The number of anilines is 2. The number of nitrogens with zero attached hydrogens (tertiary/aromatic N) is 1. The van der Waals surface area contributed by atoms with Gasteiger partial charge in [-0.05, 0) is 66.4 Å². The molecular formula is C34H42ClF3N8O4. The van der Waals surface area contributed by atoms with Gasteiger partial charge in [-0.15, -0.1) is 0 Å². The van der Waals surface area contributed by atoms with Gasteiger partial charge in [-0.2, -0.15) is 18.3 Å². The van der Waals surface area contributed by atoms with Crippen LogP contribution in [0.4, 0.5) is 24.5 Å². The molecule has 0 radical (unpaired) electrons. The van der Waals surface area contributed by atoms with E-state index in [1.54, 1.807) is 42.5 Å². The van der Waals surface area contributed by atoms with Crippen molar-refractivity contribution in [1.29, 1.82) is 0 Å². The van der Waals surface area contributed by atoms with Crippen molar-refractivity contribution in [2.24, 2.45) is 16.7 Å². The Morgan fingerprint density at radius 2 is 1.80 bits per heavy atom. The number of aliphatic carboxylic acids is 1. The molecule has 3 aromatic carbocycles. The van der Waals surface area contributed by atoms with Crippen molar-refractivity contribution < 1.29 is 32.7 Å². The number of carbonyl (C=O) groups is 3. The molecule has 0 aliphatic rings. The van der Waals surface area contributed by atoms with Crippen LogP contribution in [0.5, 0.6) is 0 Å². The number of hydrogen-bond acceptors (Lipinski definition) is 9. The normalized spacial score (nSPS) is 12.8. The molecule has 270 valence electrons. The lowest BCUT2D eigenvalue weighted by Gasteiger charge is -2.18. The van der Waals surface area contributed by atoms with Crippen molar-refractivity contribution >= 4 is 47.0 Å². The third-order valence-electron chi connectivity index (χ3n) is 7.55. The number of nitrogens with two attached hydrogens (primary N) is 2. The third-order valence-corrected chi connectivity index (χ3v) is 7.88. The lowest BCUT2D eigenvalue weighted by Crippen LogP contribution is -2.47. The highest BCUT2D eigenvalue weighted by Gasteiger charge is 2.33. The molecular weight excluding hydrogens is 677 g/mol. The lowest BCUT2D eigenvalue weighted by molar-refractivity contribution is -0.139. The number of rotatable bonds is 19. The first-order valence-electron chi connectivity index (χ1n) is 16.0. The topological polar surface area (TPSA) is 196 Å². The largest absolute Gasteiger partial charge is 0.480 e. The summed E-state index contributed by atoms with van der Waals surface area (Å²) in [5.41, 5.74) is 11.4. The van der Waals surface area contributed by atoms with E-state index in [9.17, 15) is 27.6 Å². The van der Waals surface area contributed by atoms with Gasteiger partial charge in [0.05, 0.1) is 28.1 Å². The molecule has 12 nitrogen and oxygen atoms in total. The Hall–Kier alpha value is -4.54. The number of amides is 2. The number of carboxylic acid groups (broad SMARTS) is 1. The predicted molar refractivity (Wildman–Crippen MR) is 188 cm³/mol. The van der Waals surface area contributed by atoms with Crippen LogP contribution in [-0.4, -0.2) is 54.3 Å². The lowest BCUT2D eigenvalue weighted by atomic mass is 10.1. The summed E-state index contributed by atoms with van der Waals surface area (Å²) in [6.07, 6.45) is 0.643. The number of hydrazine groups is 1. The minimum atomic E-state index is -4.67. The number of halogens is 4. The van der Waals surface area contributed by atoms with Crippen LogP contribution in [0.1, 0.15) is 76.4 Å². The van der Waals surface area contributed by atoms with Crippen LogP contribution in [0.25, 0.3) is 0 Å². The molecule has 0 heterocycles. The minimum absolute atomic E-state index is 0.0612. The van der Waals surface area contributed by atoms with Crippen molar-refractivity contribution in [2.75, 3.05) is 23.7 Å². The van der Waals surface area contributed by atoms with Crippen LogP contribution in [0.3, 0.4) is 0 Å². The first-order valence-corrected chi connectivity index (χ1v) is 16.3. The Balaban J connectivity index is 1.75. The number of hydrazone groups is 1. The molecule has 0 saturated carbocycles. The number of unbranched alkanes of at least 4 members (excludes halogenated alkanes) is 3. The number of carbonyl (C=O) groups excluding carboxylic acids is 2. The maximum Gasteiger partial charge on any atom is 0.417 e. The Morgan fingerprint density at radius 1 is 1.02 bits per heavy atom. The number of benzene rings is 3. The van der Waals surface area contributed by atoms with Crippen molar-refractivity contribution in [3.05, 3.63) is 93.5 Å². The average molecular weight is 719 g/mol. The minimum Gasteiger partial charge on any atom is -0.480 e. The molecule has 3 aromatic rings. The molecule has 0 spiro atoms. The Morgan fingerprint density at radius 3 is 2.50 bits per heavy atom. The summed E-state index contributed by atoms with van der Waals surface area (Å²) in [4.78, 5) is 37.7. The molecule has 2 unspecified atom stereocenters. The van der Waals surface area contributed by atoms with E-state index in [0.717, 1.165) is 49.6 Å². The van der Waals surface area contributed by atoms with Crippen molar-refractivity contribution in [2.45, 2.75) is 63.8 Å². The second-order valence-corrected chi connectivity index (χ2v) is 11.9. The summed E-state index contributed by atoms with van der Waals surface area (Å²) >= 11 is 5.69. The summed E-state index contributed by atoms with van der Waals surface area (Å²) in [5.74, 6) is 3.18. The predicted octanol–water partition coefficient (Wildman–Crippen LogP) is 5.09. The van der Waals surface area contributed by atoms with Gasteiger partial charge in [0.25, 0.3) is 11.8 Å². The molecule has 2 atom stereocenters. The van der Waals surface area contributed by atoms with Crippen molar-refractivity contribution in [1.82, 2.24) is 16.2 Å². The highest BCUT2D eigenvalue weighted by atomic mass is 35.5. The number of nitrogens with one attached hydrogen (secondary N) is 5. The maximum absolute atomic E-state index is 13.3. The quantitative estimate of drug-likeness (QED) is 0.0360. The Kier molecular flexibility index (Phi) is 15.6. The summed E-state index contributed by atoms with van der Waals surface area (Å²) < 4.78 is 39.8. The van der Waals surface area contributed by atoms with Crippen LogP contribution in [0.2, 0.25) is 5.02 Å². The fourth-order valence-corrected chi connectivity index (χ4v) is 5.05. The molecule has 0 bridgehead atoms. The second kappa shape index (κ2) is 19.6. The number of alkyl halides is 3. The molecule has 0 aromatic heterocycles. The highest BCUT2D eigenvalue weighted by Crippen LogP contribution is 2.35. The van der Waals surface area contributed by atoms with Gasteiger partial charge in [0.15, 0.2) is 0 Å². The van der Waals surface area contributed by atoms with Gasteiger partial charge in [-0.3, -0.25) is 25.7 Å². The van der Waals surface area contributed by atoms with Crippen molar-refractivity contribution in [3.63, 3.8) is 0 Å². The third kappa shape index (κ3) is 12.7. The zero-order valence-corrected chi connectivity index (χ0v) is 28.2. The fraction of sp³-hybridized carbons (Fsp3) is 0.353. The molecule has 0 aliphatic carbocycles. The zero-order valence-electron chi connectivity index (χ0n) is 27.4. The van der Waals surface area contributed by atoms with Crippen LogP contribution >= 0.6 is 11.6 Å². The molecule has 3 rings (SSSR count). The van der Waals surface area contributed by atoms with E-state index in [0.29, 0.717) is 30.9 Å². The molecule has 2 amide bonds. The summed E-state index contributed by atoms with van der Waals surface area (Å²) in [5, 5.41) is 21.6. The number of hydrogen-bond donors (Lipinski definition) is 8. The summed E-state index contributed by atoms with van der Waals surface area (Å²) in [6.45, 7) is 3.43. The average Bonchev–Trinajstić information content (AvgIpc) is 3.08. The standard InChI is InChI=1S/C34H42ClF3N8O4/c1-2-3-4-5-13-42-24-10-12-30(26(16-24)32(48)46-43-19-22-9-11-28(35)27(15-22)34(36,37)38)44-31(47)23-8-6-7-21(14-23)18-41-20-25(45-40)17-29(39)33(49)50/h6-12,14-16,19,25,29,41-42,45H,2-5,13,17-18,20,39-40H2,1H3,(H,44,47)(H,46,48)(H,49,50). The van der Waals surface area contributed by atoms with E-state index in [1.807, 2.05) is 0 Å². The van der Waals surface area contributed by atoms with E-state index in [-0.39, 0.29) is 23.2 Å². The first-order chi connectivity index (χ1) is 23.8. The van der Waals surface area contributed by atoms with Crippen LogP contribution in [-0.2, 0) is 17.5 Å². The van der Waals surface area contributed by atoms with Crippen LogP contribution in [0, 0.1) is 0 Å². The molecule has 0 fully saturated rings. The SMILES string of the molecule is CCCCCCNc1ccc(NC(=O)c2cccc(CNCC(CC(N)C(=O)O)NN)c2)c(C(=O)NN=Cc2ccc(Cl)c(C(F)(F)F)c2)c1. The number of carboxylic acids is 1. The van der Waals surface area contributed by atoms with Gasteiger partial charge in [0.2, 0.25) is 0 Å². The maximum atomic E-state index is 13.3.